The molecular weight excluding hydrogens is 400 g/mol. The predicted molar refractivity (Wildman–Crippen MR) is 130 cm³/mol. The molecule has 1 aliphatic carbocycles. The number of likely N-dealkylation sites (tertiary alicyclic amines) is 1. The second kappa shape index (κ2) is 11.5. The number of nitrogens with one attached hydrogen (secondary N) is 2. The van der Waals surface area contributed by atoms with E-state index in [0.29, 0.717) is 12.5 Å². The second-order valence-corrected chi connectivity index (χ2v) is 9.52. The van der Waals surface area contributed by atoms with E-state index in [4.69, 9.17) is 9.98 Å². The van der Waals surface area contributed by atoms with E-state index >= 15 is 0 Å². The third-order valence-corrected chi connectivity index (χ3v) is 7.05. The number of rotatable bonds is 6. The maximum atomic E-state index is 12.7. The van der Waals surface area contributed by atoms with Crippen LogP contribution in [0.2, 0.25) is 0 Å². The highest BCUT2D eigenvalue weighted by Gasteiger charge is 2.32. The number of carbonyl (C=O) groups excluding carboxylic acids is 1. The zero-order chi connectivity index (χ0) is 22.2. The van der Waals surface area contributed by atoms with E-state index in [1.807, 2.05) is 6.20 Å². The van der Waals surface area contributed by atoms with Gasteiger partial charge < -0.3 is 20.4 Å². The highest BCUT2D eigenvalue weighted by Crippen LogP contribution is 2.27. The number of aromatic nitrogens is 1. The van der Waals surface area contributed by atoms with Crippen molar-refractivity contribution in [3.05, 3.63) is 23.9 Å². The molecule has 1 unspecified atom stereocenters. The number of aliphatic imine (C=N–C) groups is 1. The van der Waals surface area contributed by atoms with E-state index in [0.717, 1.165) is 69.3 Å². The summed E-state index contributed by atoms with van der Waals surface area (Å²) in [6.07, 6.45) is 12.7. The third-order valence-electron chi connectivity index (χ3n) is 7.05. The Morgan fingerprint density at radius 1 is 1.06 bits per heavy atom. The number of hydrogen-bond donors (Lipinski definition) is 2. The van der Waals surface area contributed by atoms with Crippen molar-refractivity contribution in [3.63, 3.8) is 0 Å². The molecule has 0 spiro atoms. The quantitative estimate of drug-likeness (QED) is 0.525. The minimum atomic E-state index is 0.264. The Morgan fingerprint density at radius 3 is 2.53 bits per heavy atom. The first kappa shape index (κ1) is 22.9. The first-order valence-electron chi connectivity index (χ1n) is 12.8. The van der Waals surface area contributed by atoms with Gasteiger partial charge in [-0.25, -0.2) is 9.98 Å². The first-order valence-corrected chi connectivity index (χ1v) is 12.8. The molecule has 2 N–H and O–H groups in total. The summed E-state index contributed by atoms with van der Waals surface area (Å²) in [5, 5.41) is 6.90. The van der Waals surface area contributed by atoms with Gasteiger partial charge in [0.1, 0.15) is 5.82 Å². The topological polar surface area (TPSA) is 72.9 Å². The highest BCUT2D eigenvalue weighted by molar-refractivity contribution is 5.81. The van der Waals surface area contributed by atoms with Crippen LogP contribution in [0.25, 0.3) is 0 Å². The average Bonchev–Trinajstić information content (AvgIpc) is 3.45. The SMILES string of the molecule is CCNC(=NCc1ccc(N2CCCCCC2)nc1)NC1CCN(C(=O)C2CCCC2)C1. The molecule has 3 aliphatic rings. The summed E-state index contributed by atoms with van der Waals surface area (Å²) in [4.78, 5) is 26.7. The maximum absolute atomic E-state index is 12.7. The molecule has 1 atom stereocenters. The monoisotopic (exact) mass is 440 g/mol. The number of carbonyl (C=O) groups is 1. The summed E-state index contributed by atoms with van der Waals surface area (Å²) in [5.74, 6) is 2.54. The Labute approximate surface area is 193 Å². The molecule has 0 aromatic carbocycles. The summed E-state index contributed by atoms with van der Waals surface area (Å²) in [7, 11) is 0. The van der Waals surface area contributed by atoms with E-state index < -0.39 is 0 Å². The summed E-state index contributed by atoms with van der Waals surface area (Å²) in [6, 6.07) is 4.56. The Morgan fingerprint density at radius 2 is 1.84 bits per heavy atom. The minimum absolute atomic E-state index is 0.264. The lowest BCUT2D eigenvalue weighted by atomic mass is 10.1. The van der Waals surface area contributed by atoms with Gasteiger partial charge in [-0.2, -0.15) is 0 Å². The standard InChI is InChI=1S/C25H40N6O/c1-2-26-25(29-22-13-16-31(19-22)24(32)21-9-5-6-10-21)28-18-20-11-12-23(27-17-20)30-14-7-3-4-8-15-30/h11-12,17,21-22H,2-10,13-16,18-19H2,1H3,(H2,26,28,29). The van der Waals surface area contributed by atoms with Gasteiger partial charge in [0, 0.05) is 50.9 Å². The van der Waals surface area contributed by atoms with Crippen LogP contribution >= 0.6 is 0 Å². The lowest BCUT2D eigenvalue weighted by Crippen LogP contribution is -2.45. The molecule has 7 nitrogen and oxygen atoms in total. The average molecular weight is 441 g/mol. The molecule has 32 heavy (non-hydrogen) atoms. The molecule has 176 valence electrons. The first-order chi connectivity index (χ1) is 15.7. The Kier molecular flexibility index (Phi) is 8.24. The molecule has 3 heterocycles. The third kappa shape index (κ3) is 6.14. The van der Waals surface area contributed by atoms with E-state index in [1.54, 1.807) is 0 Å². The van der Waals surface area contributed by atoms with Crippen LogP contribution in [-0.4, -0.2) is 60.5 Å². The van der Waals surface area contributed by atoms with Gasteiger partial charge in [-0.1, -0.05) is 31.7 Å². The van der Waals surface area contributed by atoms with Gasteiger partial charge in [-0.3, -0.25) is 4.79 Å². The fourth-order valence-corrected chi connectivity index (χ4v) is 5.19. The van der Waals surface area contributed by atoms with Crippen molar-refractivity contribution in [3.8, 4) is 0 Å². The fraction of sp³-hybridized carbons (Fsp3) is 0.720. The molecule has 1 aromatic rings. The predicted octanol–water partition coefficient (Wildman–Crippen LogP) is 3.31. The summed E-state index contributed by atoms with van der Waals surface area (Å²) in [5.41, 5.74) is 1.12. The van der Waals surface area contributed by atoms with Crippen LogP contribution in [-0.2, 0) is 11.3 Å². The van der Waals surface area contributed by atoms with Gasteiger partial charge in [0.05, 0.1) is 6.54 Å². The largest absolute Gasteiger partial charge is 0.357 e. The molecule has 1 amide bonds. The van der Waals surface area contributed by atoms with Gasteiger partial charge in [-0.15, -0.1) is 0 Å². The van der Waals surface area contributed by atoms with E-state index in [-0.39, 0.29) is 12.0 Å². The van der Waals surface area contributed by atoms with Gasteiger partial charge >= 0.3 is 0 Å². The number of hydrogen-bond acceptors (Lipinski definition) is 4. The Balaban J connectivity index is 1.29. The molecule has 4 rings (SSSR count). The van der Waals surface area contributed by atoms with Gasteiger partial charge in [0.15, 0.2) is 5.96 Å². The molecule has 2 aliphatic heterocycles. The second-order valence-electron chi connectivity index (χ2n) is 9.52. The lowest BCUT2D eigenvalue weighted by molar-refractivity contribution is -0.134. The van der Waals surface area contributed by atoms with Crippen molar-refractivity contribution in [2.45, 2.75) is 77.3 Å². The number of anilines is 1. The van der Waals surface area contributed by atoms with Crippen LogP contribution in [0.4, 0.5) is 5.82 Å². The summed E-state index contributed by atoms with van der Waals surface area (Å²) < 4.78 is 0. The van der Waals surface area contributed by atoms with Crippen molar-refractivity contribution < 1.29 is 4.79 Å². The zero-order valence-electron chi connectivity index (χ0n) is 19.7. The van der Waals surface area contributed by atoms with Crippen molar-refractivity contribution in [2.75, 3.05) is 37.6 Å². The van der Waals surface area contributed by atoms with Crippen LogP contribution < -0.4 is 15.5 Å². The van der Waals surface area contributed by atoms with Crippen LogP contribution in [0.5, 0.6) is 0 Å². The molecular formula is C25H40N6O. The molecule has 0 radical (unpaired) electrons. The van der Waals surface area contributed by atoms with Crippen molar-refractivity contribution in [2.24, 2.45) is 10.9 Å². The molecule has 3 fully saturated rings. The van der Waals surface area contributed by atoms with Crippen molar-refractivity contribution in [1.29, 1.82) is 0 Å². The molecule has 2 saturated heterocycles. The highest BCUT2D eigenvalue weighted by atomic mass is 16.2. The van der Waals surface area contributed by atoms with Crippen molar-refractivity contribution in [1.82, 2.24) is 20.5 Å². The molecule has 1 aromatic heterocycles. The number of amides is 1. The molecule has 1 saturated carbocycles. The Bertz CT molecular complexity index is 750. The van der Waals surface area contributed by atoms with E-state index in [1.165, 1.54) is 38.5 Å². The summed E-state index contributed by atoms with van der Waals surface area (Å²) in [6.45, 7) is 7.36. The van der Waals surface area contributed by atoms with E-state index in [2.05, 4.69) is 39.5 Å². The fourth-order valence-electron chi connectivity index (χ4n) is 5.19. The number of pyridine rings is 1. The number of nitrogens with zero attached hydrogens (tertiary/aromatic N) is 4. The van der Waals surface area contributed by atoms with Crippen LogP contribution in [0.3, 0.4) is 0 Å². The van der Waals surface area contributed by atoms with E-state index in [9.17, 15) is 4.79 Å². The summed E-state index contributed by atoms with van der Waals surface area (Å²) >= 11 is 0. The Hall–Kier alpha value is -2.31. The smallest absolute Gasteiger partial charge is 0.225 e. The zero-order valence-corrected chi connectivity index (χ0v) is 19.7. The molecule has 7 heteroatoms. The van der Waals surface area contributed by atoms with Crippen LogP contribution in [0.15, 0.2) is 23.3 Å². The maximum Gasteiger partial charge on any atom is 0.225 e. The lowest BCUT2D eigenvalue weighted by Gasteiger charge is -2.22. The molecule has 0 bridgehead atoms. The minimum Gasteiger partial charge on any atom is -0.357 e. The van der Waals surface area contributed by atoms with Gasteiger partial charge in [0.2, 0.25) is 5.91 Å². The van der Waals surface area contributed by atoms with Gasteiger partial charge in [0.25, 0.3) is 0 Å². The van der Waals surface area contributed by atoms with Crippen LogP contribution in [0, 0.1) is 5.92 Å². The number of guanidine groups is 1. The van der Waals surface area contributed by atoms with Gasteiger partial charge in [-0.05, 0) is 50.7 Å². The van der Waals surface area contributed by atoms with Crippen molar-refractivity contribution >= 4 is 17.7 Å². The normalized spacial score (nSPS) is 22.8. The van der Waals surface area contributed by atoms with Crippen LogP contribution in [0.1, 0.15) is 70.3 Å².